The summed E-state index contributed by atoms with van der Waals surface area (Å²) in [6, 6.07) is 0.685. The van der Waals surface area contributed by atoms with E-state index in [1.165, 1.54) is 12.8 Å². The molecule has 0 heterocycles. The Labute approximate surface area is 65.2 Å². The van der Waals surface area contributed by atoms with Gasteiger partial charge in [-0.2, -0.15) is 0 Å². The molecule has 10 heavy (non-hydrogen) atoms. The fourth-order valence-electron chi connectivity index (χ4n) is 1.23. The van der Waals surface area contributed by atoms with Crippen molar-refractivity contribution in [2.75, 3.05) is 6.54 Å². The van der Waals surface area contributed by atoms with Crippen LogP contribution in [-0.2, 0) is 0 Å². The normalized spacial score (nSPS) is 16.8. The van der Waals surface area contributed by atoms with Crippen LogP contribution in [0.4, 0.5) is 0 Å². The molecule has 0 saturated carbocycles. The van der Waals surface area contributed by atoms with E-state index in [-0.39, 0.29) is 0 Å². The van der Waals surface area contributed by atoms with Gasteiger partial charge in [0, 0.05) is 6.04 Å². The smallest absolute Gasteiger partial charge is 0.00642 e. The maximum absolute atomic E-state index is 3.43. The number of nitrogens with one attached hydrogen (secondary N) is 1. The van der Waals surface area contributed by atoms with Gasteiger partial charge in [0.25, 0.3) is 0 Å². The molecule has 0 aromatic carbocycles. The second-order valence-corrected chi connectivity index (χ2v) is 3.11. The van der Waals surface area contributed by atoms with Crippen molar-refractivity contribution < 1.29 is 0 Å². The SMILES string of the molecule is CCC[C@H](C)[C@@H](C)NCC. The Balaban J connectivity index is 3.38. The highest BCUT2D eigenvalue weighted by Gasteiger charge is 2.08. The van der Waals surface area contributed by atoms with Crippen molar-refractivity contribution in [2.45, 2.75) is 46.6 Å². The summed E-state index contributed by atoms with van der Waals surface area (Å²) in [6.07, 6.45) is 2.64. The van der Waals surface area contributed by atoms with E-state index in [9.17, 15) is 0 Å². The van der Waals surface area contributed by atoms with Crippen LogP contribution in [0.15, 0.2) is 0 Å². The molecule has 62 valence electrons. The van der Waals surface area contributed by atoms with E-state index in [2.05, 4.69) is 33.0 Å². The van der Waals surface area contributed by atoms with Gasteiger partial charge in [-0.25, -0.2) is 0 Å². The van der Waals surface area contributed by atoms with Crippen LogP contribution in [0, 0.1) is 5.92 Å². The minimum atomic E-state index is 0.685. The predicted octanol–water partition coefficient (Wildman–Crippen LogP) is 2.42. The Bertz CT molecular complexity index is 61.1. The van der Waals surface area contributed by atoms with Crippen molar-refractivity contribution in [1.29, 1.82) is 0 Å². The third kappa shape index (κ3) is 3.89. The Morgan fingerprint density at radius 1 is 1.20 bits per heavy atom. The van der Waals surface area contributed by atoms with Crippen molar-refractivity contribution in [1.82, 2.24) is 5.32 Å². The molecule has 0 aromatic rings. The van der Waals surface area contributed by atoms with Crippen molar-refractivity contribution in [2.24, 2.45) is 5.92 Å². The fourth-order valence-corrected chi connectivity index (χ4v) is 1.23. The fraction of sp³-hybridized carbons (Fsp3) is 1.00. The van der Waals surface area contributed by atoms with Gasteiger partial charge in [0.15, 0.2) is 0 Å². The molecule has 0 unspecified atom stereocenters. The summed E-state index contributed by atoms with van der Waals surface area (Å²) in [4.78, 5) is 0. The van der Waals surface area contributed by atoms with E-state index in [0.29, 0.717) is 6.04 Å². The maximum Gasteiger partial charge on any atom is 0.00642 e. The highest BCUT2D eigenvalue weighted by molar-refractivity contribution is 4.66. The standard InChI is InChI=1S/C9H21N/c1-5-7-8(3)9(4)10-6-2/h8-10H,5-7H2,1-4H3/t8-,9+/m0/s1. The first-order chi connectivity index (χ1) is 4.72. The minimum absolute atomic E-state index is 0.685. The van der Waals surface area contributed by atoms with Crippen LogP contribution in [-0.4, -0.2) is 12.6 Å². The lowest BCUT2D eigenvalue weighted by molar-refractivity contribution is 0.383. The summed E-state index contributed by atoms with van der Waals surface area (Å²) < 4.78 is 0. The second-order valence-electron chi connectivity index (χ2n) is 3.11. The zero-order chi connectivity index (χ0) is 7.98. The summed E-state index contributed by atoms with van der Waals surface area (Å²) in [5.74, 6) is 0.824. The second kappa shape index (κ2) is 5.72. The largest absolute Gasteiger partial charge is 0.314 e. The molecule has 1 heteroatoms. The summed E-state index contributed by atoms with van der Waals surface area (Å²) in [5.41, 5.74) is 0. The lowest BCUT2D eigenvalue weighted by Crippen LogP contribution is -2.31. The van der Waals surface area contributed by atoms with Gasteiger partial charge in [0.1, 0.15) is 0 Å². The van der Waals surface area contributed by atoms with E-state index in [1.54, 1.807) is 0 Å². The van der Waals surface area contributed by atoms with Gasteiger partial charge in [0.2, 0.25) is 0 Å². The summed E-state index contributed by atoms with van der Waals surface area (Å²) in [7, 11) is 0. The van der Waals surface area contributed by atoms with Crippen molar-refractivity contribution in [3.63, 3.8) is 0 Å². The number of rotatable bonds is 5. The number of hydrogen-bond acceptors (Lipinski definition) is 1. The molecule has 0 amide bonds. The van der Waals surface area contributed by atoms with Crippen LogP contribution >= 0.6 is 0 Å². The van der Waals surface area contributed by atoms with Crippen molar-refractivity contribution >= 4 is 0 Å². The van der Waals surface area contributed by atoms with Gasteiger partial charge in [-0.15, -0.1) is 0 Å². The van der Waals surface area contributed by atoms with Gasteiger partial charge in [-0.05, 0) is 25.8 Å². The lowest BCUT2D eigenvalue weighted by atomic mass is 9.98. The molecule has 0 radical (unpaired) electrons. The van der Waals surface area contributed by atoms with Crippen LogP contribution in [0.3, 0.4) is 0 Å². The maximum atomic E-state index is 3.43. The first kappa shape index (κ1) is 9.96. The van der Waals surface area contributed by atoms with Gasteiger partial charge in [0.05, 0.1) is 0 Å². The quantitative estimate of drug-likeness (QED) is 0.623. The van der Waals surface area contributed by atoms with E-state index in [1.807, 2.05) is 0 Å². The van der Waals surface area contributed by atoms with E-state index >= 15 is 0 Å². The third-order valence-corrected chi connectivity index (χ3v) is 2.12. The van der Waals surface area contributed by atoms with E-state index in [4.69, 9.17) is 0 Å². The Hall–Kier alpha value is -0.0400. The van der Waals surface area contributed by atoms with Crippen molar-refractivity contribution in [3.8, 4) is 0 Å². The average Bonchev–Trinajstić information content (AvgIpc) is 1.89. The Morgan fingerprint density at radius 3 is 2.20 bits per heavy atom. The molecule has 0 saturated heterocycles. The average molecular weight is 143 g/mol. The topological polar surface area (TPSA) is 12.0 Å². The molecule has 0 rings (SSSR count). The van der Waals surface area contributed by atoms with Crippen LogP contribution in [0.1, 0.15) is 40.5 Å². The van der Waals surface area contributed by atoms with Crippen molar-refractivity contribution in [3.05, 3.63) is 0 Å². The molecular formula is C9H21N. The first-order valence-corrected chi connectivity index (χ1v) is 4.45. The molecule has 0 bridgehead atoms. The first-order valence-electron chi connectivity index (χ1n) is 4.45. The number of hydrogen-bond donors (Lipinski definition) is 1. The highest BCUT2D eigenvalue weighted by atomic mass is 14.9. The van der Waals surface area contributed by atoms with E-state index in [0.717, 1.165) is 12.5 Å². The molecule has 0 aliphatic rings. The van der Waals surface area contributed by atoms with Crippen LogP contribution in [0.25, 0.3) is 0 Å². The van der Waals surface area contributed by atoms with Crippen LogP contribution < -0.4 is 5.32 Å². The van der Waals surface area contributed by atoms with Gasteiger partial charge in [-0.3, -0.25) is 0 Å². The van der Waals surface area contributed by atoms with E-state index < -0.39 is 0 Å². The predicted molar refractivity (Wildman–Crippen MR) is 47.2 cm³/mol. The molecule has 1 N–H and O–H groups in total. The molecular weight excluding hydrogens is 122 g/mol. The summed E-state index contributed by atoms with van der Waals surface area (Å²) in [6.45, 7) is 10.1. The zero-order valence-electron chi connectivity index (χ0n) is 7.78. The summed E-state index contributed by atoms with van der Waals surface area (Å²) in [5, 5.41) is 3.43. The molecule has 0 spiro atoms. The third-order valence-electron chi connectivity index (χ3n) is 2.12. The Morgan fingerprint density at radius 2 is 1.80 bits per heavy atom. The van der Waals surface area contributed by atoms with Crippen LogP contribution in [0.5, 0.6) is 0 Å². The van der Waals surface area contributed by atoms with Gasteiger partial charge in [-0.1, -0.05) is 27.2 Å². The van der Waals surface area contributed by atoms with Gasteiger partial charge < -0.3 is 5.32 Å². The lowest BCUT2D eigenvalue weighted by Gasteiger charge is -2.19. The minimum Gasteiger partial charge on any atom is -0.314 e. The molecule has 1 nitrogen and oxygen atoms in total. The van der Waals surface area contributed by atoms with Crippen LogP contribution in [0.2, 0.25) is 0 Å². The highest BCUT2D eigenvalue weighted by Crippen LogP contribution is 2.09. The summed E-state index contributed by atoms with van der Waals surface area (Å²) >= 11 is 0. The zero-order valence-corrected chi connectivity index (χ0v) is 7.78. The molecule has 0 fully saturated rings. The molecule has 0 aliphatic heterocycles. The Kier molecular flexibility index (Phi) is 5.70. The monoisotopic (exact) mass is 143 g/mol. The molecule has 2 atom stereocenters. The molecule has 0 aromatic heterocycles. The van der Waals surface area contributed by atoms with Gasteiger partial charge >= 0.3 is 0 Å². The molecule has 0 aliphatic carbocycles.